The number of nitrogens with one attached hydrogen (secondary N) is 1. The van der Waals surface area contributed by atoms with Crippen LogP contribution in [0.25, 0.3) is 11.3 Å². The lowest BCUT2D eigenvalue weighted by molar-refractivity contribution is 0.260. The number of aryl methyl sites for hydroxylation is 1. The average Bonchev–Trinajstić information content (AvgIpc) is 2.55. The maximum atomic E-state index is 10.2. The summed E-state index contributed by atoms with van der Waals surface area (Å²) in [6, 6.07) is 7.62. The fraction of sp³-hybridized carbons (Fsp3) is 0.368. The van der Waals surface area contributed by atoms with Gasteiger partial charge in [-0.05, 0) is 63.2 Å². The van der Waals surface area contributed by atoms with Crippen molar-refractivity contribution in [2.45, 2.75) is 25.8 Å². The Morgan fingerprint density at radius 3 is 2.79 bits per heavy atom. The number of terminal acetylenes is 1. The van der Waals surface area contributed by atoms with Crippen molar-refractivity contribution in [1.82, 2.24) is 15.1 Å². The Kier molecular flexibility index (Phi) is 4.68. The lowest BCUT2D eigenvalue weighted by Gasteiger charge is -2.30. The van der Waals surface area contributed by atoms with Gasteiger partial charge in [0.2, 0.25) is 0 Å². The van der Waals surface area contributed by atoms with Crippen LogP contribution in [0, 0.1) is 19.3 Å². The number of anilines is 1. The quantitative estimate of drug-likeness (QED) is 0.851. The molecule has 24 heavy (non-hydrogen) atoms. The van der Waals surface area contributed by atoms with E-state index in [2.05, 4.69) is 33.4 Å². The van der Waals surface area contributed by atoms with Crippen molar-refractivity contribution in [3.63, 3.8) is 0 Å². The van der Waals surface area contributed by atoms with E-state index in [-0.39, 0.29) is 5.75 Å². The Balaban J connectivity index is 1.79. The van der Waals surface area contributed by atoms with Crippen molar-refractivity contribution in [1.29, 1.82) is 0 Å². The van der Waals surface area contributed by atoms with Crippen molar-refractivity contribution < 1.29 is 5.11 Å². The van der Waals surface area contributed by atoms with Crippen LogP contribution in [0.4, 0.5) is 5.82 Å². The summed E-state index contributed by atoms with van der Waals surface area (Å²) in [6.07, 6.45) is 7.72. The van der Waals surface area contributed by atoms with Crippen molar-refractivity contribution in [2.24, 2.45) is 0 Å². The number of aromatic hydroxyl groups is 1. The van der Waals surface area contributed by atoms with Crippen molar-refractivity contribution in [2.75, 3.05) is 25.5 Å². The second kappa shape index (κ2) is 6.90. The number of hydrogen-bond acceptors (Lipinski definition) is 5. The second-order valence-electron chi connectivity index (χ2n) is 6.38. The number of aromatic nitrogens is 2. The first-order valence-electron chi connectivity index (χ1n) is 8.16. The highest BCUT2D eigenvalue weighted by Crippen LogP contribution is 2.32. The molecule has 1 fully saturated rings. The van der Waals surface area contributed by atoms with E-state index in [1.165, 1.54) is 6.42 Å². The maximum Gasteiger partial charge on any atom is 0.148 e. The Hall–Kier alpha value is -2.58. The summed E-state index contributed by atoms with van der Waals surface area (Å²) in [6.45, 7) is 4.06. The van der Waals surface area contributed by atoms with Gasteiger partial charge >= 0.3 is 0 Å². The number of rotatable bonds is 3. The molecule has 124 valence electrons. The average molecular weight is 322 g/mol. The van der Waals surface area contributed by atoms with E-state index in [0.29, 0.717) is 22.9 Å². The molecule has 1 aromatic heterocycles. The van der Waals surface area contributed by atoms with Crippen LogP contribution in [0.3, 0.4) is 0 Å². The summed E-state index contributed by atoms with van der Waals surface area (Å²) in [4.78, 5) is 2.32. The molecule has 5 heteroatoms. The fourth-order valence-corrected chi connectivity index (χ4v) is 3.22. The molecule has 5 nitrogen and oxygen atoms in total. The van der Waals surface area contributed by atoms with Gasteiger partial charge in [-0.15, -0.1) is 16.6 Å². The summed E-state index contributed by atoms with van der Waals surface area (Å²) in [7, 11) is 2.13. The Morgan fingerprint density at radius 2 is 2.17 bits per heavy atom. The Bertz CT molecular complexity index is 741. The first-order valence-corrected chi connectivity index (χ1v) is 8.16. The lowest BCUT2D eigenvalue weighted by Crippen LogP contribution is -2.39. The highest BCUT2D eigenvalue weighted by atomic mass is 16.3. The fourth-order valence-electron chi connectivity index (χ4n) is 3.22. The molecule has 1 aromatic carbocycles. The van der Waals surface area contributed by atoms with Crippen LogP contribution < -0.4 is 5.32 Å². The van der Waals surface area contributed by atoms with Crippen LogP contribution >= 0.6 is 0 Å². The molecule has 2 heterocycles. The van der Waals surface area contributed by atoms with Crippen molar-refractivity contribution in [3.8, 4) is 29.4 Å². The molecule has 0 spiro atoms. The van der Waals surface area contributed by atoms with Crippen LogP contribution in [0.2, 0.25) is 0 Å². The van der Waals surface area contributed by atoms with Gasteiger partial charge in [0.1, 0.15) is 11.6 Å². The topological polar surface area (TPSA) is 61.3 Å². The first-order chi connectivity index (χ1) is 11.6. The molecule has 1 atom stereocenters. The predicted octanol–water partition coefficient (Wildman–Crippen LogP) is 2.65. The number of benzene rings is 1. The summed E-state index contributed by atoms with van der Waals surface area (Å²) in [5.74, 6) is 3.43. The zero-order valence-corrected chi connectivity index (χ0v) is 14.1. The van der Waals surface area contributed by atoms with E-state index in [4.69, 9.17) is 6.42 Å². The van der Waals surface area contributed by atoms with E-state index in [0.717, 1.165) is 30.9 Å². The minimum atomic E-state index is 0.131. The van der Waals surface area contributed by atoms with E-state index < -0.39 is 0 Å². The van der Waals surface area contributed by atoms with Crippen molar-refractivity contribution >= 4 is 5.82 Å². The predicted molar refractivity (Wildman–Crippen MR) is 95.9 cm³/mol. The monoisotopic (exact) mass is 322 g/mol. The third kappa shape index (κ3) is 3.50. The summed E-state index contributed by atoms with van der Waals surface area (Å²) >= 11 is 0. The molecule has 2 aromatic rings. The molecular formula is C19H22N4O. The normalized spacial score (nSPS) is 18.1. The van der Waals surface area contributed by atoms with Crippen LogP contribution in [-0.4, -0.2) is 46.4 Å². The molecule has 3 rings (SSSR count). The first kappa shape index (κ1) is 16.3. The van der Waals surface area contributed by atoms with E-state index in [1.807, 2.05) is 25.1 Å². The van der Waals surface area contributed by atoms with E-state index in [9.17, 15) is 5.11 Å². The number of likely N-dealkylation sites (tertiary alicyclic amines) is 1. The SMILES string of the molecule is C#Cc1cc(C)c(-c2ccc(NC3CCCN(C)C3)nn2)c(O)c1. The Labute approximate surface area is 142 Å². The van der Waals surface area contributed by atoms with Gasteiger partial charge in [-0.1, -0.05) is 5.92 Å². The van der Waals surface area contributed by atoms with Gasteiger partial charge < -0.3 is 15.3 Å². The number of phenols is 1. The Morgan fingerprint density at radius 1 is 1.33 bits per heavy atom. The highest BCUT2D eigenvalue weighted by Gasteiger charge is 2.17. The third-order valence-corrected chi connectivity index (χ3v) is 4.38. The zero-order chi connectivity index (χ0) is 17.1. The highest BCUT2D eigenvalue weighted by molar-refractivity contribution is 5.72. The number of likely N-dealkylation sites (N-methyl/N-ethyl adjacent to an activating group) is 1. The molecule has 1 unspecified atom stereocenters. The van der Waals surface area contributed by atoms with Crippen LogP contribution in [0.15, 0.2) is 24.3 Å². The van der Waals surface area contributed by atoms with Gasteiger partial charge in [-0.2, -0.15) is 0 Å². The van der Waals surface area contributed by atoms with Crippen LogP contribution in [0.1, 0.15) is 24.0 Å². The molecule has 1 aliphatic rings. The number of piperidine rings is 1. The minimum Gasteiger partial charge on any atom is -0.507 e. The molecular weight excluding hydrogens is 300 g/mol. The number of nitrogens with zero attached hydrogens (tertiary/aromatic N) is 3. The minimum absolute atomic E-state index is 0.131. The standard InChI is InChI=1S/C19H22N4O/c1-4-14-10-13(2)19(17(24)11-14)16-7-8-18(22-21-16)20-15-6-5-9-23(3)12-15/h1,7-8,10-11,15,24H,5-6,9,12H2,2-3H3,(H,20,22). The molecule has 0 bridgehead atoms. The van der Waals surface area contributed by atoms with Crippen molar-refractivity contribution in [3.05, 3.63) is 35.4 Å². The smallest absolute Gasteiger partial charge is 0.148 e. The van der Waals surface area contributed by atoms with Gasteiger partial charge in [-0.25, -0.2) is 0 Å². The van der Waals surface area contributed by atoms with Crippen LogP contribution in [-0.2, 0) is 0 Å². The molecule has 1 aliphatic heterocycles. The summed E-state index contributed by atoms with van der Waals surface area (Å²) < 4.78 is 0. The second-order valence-corrected chi connectivity index (χ2v) is 6.38. The number of hydrogen-bond donors (Lipinski definition) is 2. The molecule has 0 aliphatic carbocycles. The van der Waals surface area contributed by atoms with E-state index in [1.54, 1.807) is 6.07 Å². The van der Waals surface area contributed by atoms with E-state index >= 15 is 0 Å². The number of phenolic OH excluding ortho intramolecular Hbond substituents is 1. The van der Waals surface area contributed by atoms with Crippen LogP contribution in [0.5, 0.6) is 5.75 Å². The zero-order valence-electron chi connectivity index (χ0n) is 14.1. The van der Waals surface area contributed by atoms with Gasteiger partial charge in [0, 0.05) is 23.7 Å². The lowest BCUT2D eigenvalue weighted by atomic mass is 10.0. The van der Waals surface area contributed by atoms with Gasteiger partial charge in [0.15, 0.2) is 0 Å². The maximum absolute atomic E-state index is 10.2. The third-order valence-electron chi connectivity index (χ3n) is 4.38. The molecule has 1 saturated heterocycles. The molecule has 0 saturated carbocycles. The molecule has 0 amide bonds. The molecule has 0 radical (unpaired) electrons. The summed E-state index contributed by atoms with van der Waals surface area (Å²) in [5.41, 5.74) is 2.85. The summed E-state index contributed by atoms with van der Waals surface area (Å²) in [5, 5.41) is 22.2. The molecule has 2 N–H and O–H groups in total. The largest absolute Gasteiger partial charge is 0.507 e. The van der Waals surface area contributed by atoms with Gasteiger partial charge in [0.25, 0.3) is 0 Å². The van der Waals surface area contributed by atoms with Gasteiger partial charge in [0.05, 0.1) is 5.69 Å². The van der Waals surface area contributed by atoms with Gasteiger partial charge in [-0.3, -0.25) is 0 Å².